The lowest BCUT2D eigenvalue weighted by Gasteiger charge is -2.41. The van der Waals surface area contributed by atoms with Crippen LogP contribution in [0.4, 0.5) is 11.4 Å². The van der Waals surface area contributed by atoms with Crippen molar-refractivity contribution in [2.45, 2.75) is 75.2 Å². The van der Waals surface area contributed by atoms with Crippen molar-refractivity contribution in [1.82, 2.24) is 0 Å². The summed E-state index contributed by atoms with van der Waals surface area (Å²) in [4.78, 5) is 5.21. The zero-order valence-corrected chi connectivity index (χ0v) is 29.7. The van der Waals surface area contributed by atoms with Crippen LogP contribution >= 0.6 is 0 Å². The number of hydrogen-bond donors (Lipinski definition) is 0. The predicted molar refractivity (Wildman–Crippen MR) is 211 cm³/mol. The number of piperidine rings is 2. The molecule has 4 atom stereocenters. The van der Waals surface area contributed by atoms with Gasteiger partial charge >= 0.3 is 0 Å². The van der Waals surface area contributed by atoms with Gasteiger partial charge in [-0.15, -0.1) is 0 Å². The van der Waals surface area contributed by atoms with Gasteiger partial charge in [-0.2, -0.15) is 0 Å². The summed E-state index contributed by atoms with van der Waals surface area (Å²) in [5.74, 6) is 2.55. The van der Waals surface area contributed by atoms with Gasteiger partial charge in [-0.1, -0.05) is 85.3 Å². The third kappa shape index (κ3) is 4.36. The van der Waals surface area contributed by atoms with Gasteiger partial charge in [-0.25, -0.2) is 0 Å². The van der Waals surface area contributed by atoms with Gasteiger partial charge in [-0.3, -0.25) is 0 Å². The Bertz CT molecular complexity index is 2170. The Morgan fingerprint density at radius 2 is 1.29 bits per heavy atom. The minimum Gasteiger partial charge on any atom is -0.472 e. The van der Waals surface area contributed by atoms with Gasteiger partial charge in [0.15, 0.2) is 5.60 Å². The number of benzene rings is 5. The highest BCUT2D eigenvalue weighted by atomic mass is 16.5. The molecule has 3 heteroatoms. The molecule has 3 aliphatic carbocycles. The van der Waals surface area contributed by atoms with E-state index in [0.29, 0.717) is 5.92 Å². The number of hydrogen-bond acceptors (Lipinski definition) is 3. The largest absolute Gasteiger partial charge is 0.472 e. The quantitative estimate of drug-likeness (QED) is 0.190. The fourth-order valence-corrected chi connectivity index (χ4v) is 11.6. The molecule has 0 amide bonds. The molecule has 4 unspecified atom stereocenters. The molecule has 4 fully saturated rings. The third-order valence-corrected chi connectivity index (χ3v) is 13.9. The first kappa shape index (κ1) is 30.2. The smallest absolute Gasteiger partial charge is 0.178 e. The minimum atomic E-state index is -0.722. The number of rotatable bonds is 4. The Morgan fingerprint density at radius 3 is 2.00 bits per heavy atom. The van der Waals surface area contributed by atoms with Crippen molar-refractivity contribution in [1.29, 1.82) is 0 Å². The van der Waals surface area contributed by atoms with E-state index in [1.165, 1.54) is 127 Å². The van der Waals surface area contributed by atoms with Crippen LogP contribution in [0.15, 0.2) is 103 Å². The average molecular weight is 669 g/mol. The van der Waals surface area contributed by atoms with Crippen molar-refractivity contribution >= 4 is 28.2 Å². The van der Waals surface area contributed by atoms with Crippen LogP contribution in [0.3, 0.4) is 0 Å². The highest BCUT2D eigenvalue weighted by Gasteiger charge is 2.59. The first-order chi connectivity index (χ1) is 25.2. The molecule has 51 heavy (non-hydrogen) atoms. The van der Waals surface area contributed by atoms with Crippen LogP contribution in [0, 0.1) is 11.8 Å². The monoisotopic (exact) mass is 668 g/mol. The Balaban J connectivity index is 1.12. The molecule has 3 aliphatic heterocycles. The summed E-state index contributed by atoms with van der Waals surface area (Å²) in [6.45, 7) is 4.66. The summed E-state index contributed by atoms with van der Waals surface area (Å²) in [6, 6.07) is 37.0. The van der Waals surface area contributed by atoms with Crippen molar-refractivity contribution in [2.75, 3.05) is 36.0 Å². The zero-order chi connectivity index (χ0) is 33.6. The SMILES string of the molecule is C1=CC(c2ccccc2)(c2ccc(N3CCCCC3)cc2)Oc2c1c1c(c3ccccc23)-c2ccc(N3CCCCC3)cc2C12CC1CCC2C1. The van der Waals surface area contributed by atoms with E-state index < -0.39 is 5.60 Å². The van der Waals surface area contributed by atoms with Crippen LogP contribution < -0.4 is 14.5 Å². The second kappa shape index (κ2) is 11.5. The Labute approximate surface area is 302 Å². The van der Waals surface area contributed by atoms with Crippen LogP contribution in [0.1, 0.15) is 92.0 Å². The molecule has 2 bridgehead atoms. The maximum absolute atomic E-state index is 7.71. The summed E-state index contributed by atoms with van der Waals surface area (Å²) in [5, 5.41) is 2.57. The second-order valence-corrected chi connectivity index (χ2v) is 16.5. The van der Waals surface area contributed by atoms with Crippen molar-refractivity contribution in [2.24, 2.45) is 11.8 Å². The van der Waals surface area contributed by atoms with Gasteiger partial charge in [-0.05, 0) is 128 Å². The lowest BCUT2D eigenvalue weighted by molar-refractivity contribution is 0.163. The van der Waals surface area contributed by atoms with E-state index in [9.17, 15) is 0 Å². The number of fused-ring (bicyclic) bond motifs is 13. The van der Waals surface area contributed by atoms with E-state index in [-0.39, 0.29) is 5.41 Å². The normalized spacial score (nSPS) is 27.5. The molecular weight excluding hydrogens is 621 g/mol. The molecular formula is C48H48N2O. The van der Waals surface area contributed by atoms with Crippen LogP contribution in [0.2, 0.25) is 0 Å². The molecule has 6 aliphatic rings. The maximum atomic E-state index is 7.71. The number of ether oxygens (including phenoxy) is 1. The van der Waals surface area contributed by atoms with Crippen molar-refractivity contribution in [3.63, 3.8) is 0 Å². The molecule has 0 N–H and O–H groups in total. The maximum Gasteiger partial charge on any atom is 0.178 e. The molecule has 5 aromatic rings. The average Bonchev–Trinajstić information content (AvgIpc) is 3.91. The van der Waals surface area contributed by atoms with E-state index in [0.717, 1.165) is 24.8 Å². The van der Waals surface area contributed by atoms with Gasteiger partial charge in [0.2, 0.25) is 0 Å². The van der Waals surface area contributed by atoms with Crippen molar-refractivity contribution in [3.05, 3.63) is 131 Å². The summed E-state index contributed by atoms with van der Waals surface area (Å²) < 4.78 is 7.71. The molecule has 1 spiro atoms. The molecule has 2 saturated carbocycles. The number of anilines is 2. The van der Waals surface area contributed by atoms with Crippen LogP contribution in [-0.4, -0.2) is 26.2 Å². The van der Waals surface area contributed by atoms with E-state index in [2.05, 4.69) is 119 Å². The van der Waals surface area contributed by atoms with Gasteiger partial charge in [0.1, 0.15) is 5.75 Å². The van der Waals surface area contributed by atoms with Crippen molar-refractivity contribution < 1.29 is 4.74 Å². The highest BCUT2D eigenvalue weighted by molar-refractivity contribution is 6.09. The third-order valence-electron chi connectivity index (χ3n) is 13.9. The van der Waals surface area contributed by atoms with Crippen LogP contribution in [-0.2, 0) is 11.0 Å². The first-order valence-electron chi connectivity index (χ1n) is 20.0. The predicted octanol–water partition coefficient (Wildman–Crippen LogP) is 11.3. The van der Waals surface area contributed by atoms with Gasteiger partial charge in [0.25, 0.3) is 0 Å². The number of nitrogens with zero attached hydrogens (tertiary/aromatic N) is 2. The lowest BCUT2D eigenvalue weighted by Crippen LogP contribution is -2.37. The second-order valence-electron chi connectivity index (χ2n) is 16.5. The van der Waals surface area contributed by atoms with E-state index in [4.69, 9.17) is 4.74 Å². The fourth-order valence-electron chi connectivity index (χ4n) is 11.6. The Hall–Kier alpha value is -4.50. The van der Waals surface area contributed by atoms with Gasteiger partial charge in [0.05, 0.1) is 0 Å². The fraction of sp³-hybridized carbons (Fsp3) is 0.375. The summed E-state index contributed by atoms with van der Waals surface area (Å²) in [5.41, 5.74) is 11.9. The molecule has 2 saturated heterocycles. The molecule has 0 radical (unpaired) electrons. The standard InChI is InChI=1S/C48H48N2O/c1-4-12-34(13-5-1)48(35-18-20-37(21-19-35)49-26-8-2-9-27-49)25-24-42-45-44(39-14-6-7-15-40(39)46(42)51-48)41-23-22-38(50-28-10-3-11-29-50)31-43(41)47(45)32-33-16-17-36(47)30-33/h1,4-7,12-15,18-25,31,33,36H,2-3,8-11,16-17,26-30,32H2. The van der Waals surface area contributed by atoms with Gasteiger partial charge < -0.3 is 14.5 Å². The summed E-state index contributed by atoms with van der Waals surface area (Å²) in [7, 11) is 0. The highest BCUT2D eigenvalue weighted by Crippen LogP contribution is 2.69. The molecule has 0 aromatic heterocycles. The van der Waals surface area contributed by atoms with E-state index >= 15 is 0 Å². The first-order valence-corrected chi connectivity index (χ1v) is 20.0. The van der Waals surface area contributed by atoms with Crippen molar-refractivity contribution in [3.8, 4) is 16.9 Å². The minimum absolute atomic E-state index is 0.0457. The lowest BCUT2D eigenvalue weighted by atomic mass is 9.65. The molecule has 3 heterocycles. The summed E-state index contributed by atoms with van der Waals surface area (Å²) in [6.07, 6.45) is 18.1. The Morgan fingerprint density at radius 1 is 0.627 bits per heavy atom. The molecule has 11 rings (SSSR count). The van der Waals surface area contributed by atoms with Crippen LogP contribution in [0.5, 0.6) is 5.75 Å². The Kier molecular flexibility index (Phi) is 6.80. The molecule has 256 valence electrons. The van der Waals surface area contributed by atoms with E-state index in [1.54, 1.807) is 11.1 Å². The van der Waals surface area contributed by atoms with Crippen LogP contribution in [0.25, 0.3) is 28.0 Å². The zero-order valence-electron chi connectivity index (χ0n) is 29.7. The summed E-state index contributed by atoms with van der Waals surface area (Å²) >= 11 is 0. The van der Waals surface area contributed by atoms with E-state index in [1.807, 2.05) is 0 Å². The topological polar surface area (TPSA) is 15.7 Å². The van der Waals surface area contributed by atoms with Gasteiger partial charge in [0, 0.05) is 65.0 Å². The molecule has 3 nitrogen and oxygen atoms in total. The molecule has 5 aromatic carbocycles.